The monoisotopic (exact) mass is 268 g/mol. The third kappa shape index (κ3) is 2.32. The van der Waals surface area contributed by atoms with Gasteiger partial charge < -0.3 is 0 Å². The second-order valence-corrected chi connectivity index (χ2v) is 6.05. The van der Waals surface area contributed by atoms with Crippen LogP contribution in [0.5, 0.6) is 0 Å². The molecular formula is C16H20N4. The van der Waals surface area contributed by atoms with Crippen LogP contribution in [0.1, 0.15) is 25.2 Å². The van der Waals surface area contributed by atoms with Gasteiger partial charge in [-0.2, -0.15) is 0 Å². The number of aromatic nitrogens is 2. The molecule has 0 atom stereocenters. The summed E-state index contributed by atoms with van der Waals surface area (Å²) in [6.07, 6.45) is 3.65. The zero-order valence-corrected chi connectivity index (χ0v) is 11.9. The standard InChI is InChI=1S/C16H20N4/c1-15(2)11-19-16(20-12-15,13-7-3-5-9-17-13)14-8-4-6-10-18-14/h3-10,19-20H,11-12H2,1-2H3. The van der Waals surface area contributed by atoms with E-state index >= 15 is 0 Å². The van der Waals surface area contributed by atoms with E-state index in [1.54, 1.807) is 0 Å². The van der Waals surface area contributed by atoms with Crippen molar-refractivity contribution in [3.05, 3.63) is 60.2 Å². The normalized spacial score (nSPS) is 20.5. The van der Waals surface area contributed by atoms with E-state index in [9.17, 15) is 0 Å². The Balaban J connectivity index is 2.06. The number of nitrogens with zero attached hydrogens (tertiary/aromatic N) is 2. The lowest BCUT2D eigenvalue weighted by atomic mass is 9.86. The summed E-state index contributed by atoms with van der Waals surface area (Å²) in [4.78, 5) is 9.07. The van der Waals surface area contributed by atoms with Crippen molar-refractivity contribution in [2.75, 3.05) is 13.1 Å². The molecule has 4 heteroatoms. The Hall–Kier alpha value is -1.78. The first-order valence-corrected chi connectivity index (χ1v) is 6.96. The number of hydrogen-bond donors (Lipinski definition) is 2. The molecule has 2 aromatic rings. The maximum Gasteiger partial charge on any atom is 0.156 e. The summed E-state index contributed by atoms with van der Waals surface area (Å²) in [7, 11) is 0. The average molecular weight is 268 g/mol. The van der Waals surface area contributed by atoms with Crippen molar-refractivity contribution in [3.63, 3.8) is 0 Å². The van der Waals surface area contributed by atoms with Crippen LogP contribution in [0.15, 0.2) is 48.8 Å². The minimum Gasteiger partial charge on any atom is -0.289 e. The highest BCUT2D eigenvalue weighted by Gasteiger charge is 2.42. The van der Waals surface area contributed by atoms with Crippen LogP contribution in [0, 0.1) is 5.41 Å². The van der Waals surface area contributed by atoms with Crippen LogP contribution in [-0.2, 0) is 5.66 Å². The topological polar surface area (TPSA) is 49.8 Å². The minimum atomic E-state index is -0.502. The second-order valence-electron chi connectivity index (χ2n) is 6.05. The van der Waals surface area contributed by atoms with E-state index in [1.807, 2.05) is 48.8 Å². The Morgan fingerprint density at radius 2 is 1.35 bits per heavy atom. The van der Waals surface area contributed by atoms with Gasteiger partial charge in [0.05, 0.1) is 11.4 Å². The molecule has 2 N–H and O–H groups in total. The number of hydrogen-bond acceptors (Lipinski definition) is 4. The molecule has 0 bridgehead atoms. The van der Waals surface area contributed by atoms with E-state index in [-0.39, 0.29) is 5.41 Å². The van der Waals surface area contributed by atoms with E-state index < -0.39 is 5.66 Å². The Kier molecular flexibility index (Phi) is 3.28. The van der Waals surface area contributed by atoms with Gasteiger partial charge in [-0.1, -0.05) is 26.0 Å². The van der Waals surface area contributed by atoms with Crippen LogP contribution in [0.25, 0.3) is 0 Å². The zero-order valence-electron chi connectivity index (χ0n) is 11.9. The molecule has 0 unspecified atom stereocenters. The van der Waals surface area contributed by atoms with Gasteiger partial charge in [0.25, 0.3) is 0 Å². The van der Waals surface area contributed by atoms with E-state index in [0.29, 0.717) is 0 Å². The summed E-state index contributed by atoms with van der Waals surface area (Å²) in [5.41, 5.74) is 1.62. The van der Waals surface area contributed by atoms with Gasteiger partial charge in [-0.15, -0.1) is 0 Å². The molecule has 0 aliphatic carbocycles. The van der Waals surface area contributed by atoms with Crippen molar-refractivity contribution in [1.29, 1.82) is 0 Å². The average Bonchev–Trinajstić information content (AvgIpc) is 2.50. The van der Waals surface area contributed by atoms with Crippen molar-refractivity contribution in [1.82, 2.24) is 20.6 Å². The first kappa shape index (κ1) is 13.2. The van der Waals surface area contributed by atoms with E-state index in [0.717, 1.165) is 24.5 Å². The maximum atomic E-state index is 4.53. The van der Waals surface area contributed by atoms with E-state index in [1.165, 1.54) is 0 Å². The van der Waals surface area contributed by atoms with Gasteiger partial charge in [-0.05, 0) is 29.7 Å². The van der Waals surface area contributed by atoms with Gasteiger partial charge in [-0.3, -0.25) is 20.6 Å². The van der Waals surface area contributed by atoms with Gasteiger partial charge in [-0.25, -0.2) is 0 Å². The lowest BCUT2D eigenvalue weighted by Gasteiger charge is -2.44. The first-order chi connectivity index (χ1) is 9.62. The Bertz CT molecular complexity index is 514. The Labute approximate surface area is 119 Å². The molecule has 3 rings (SSSR count). The SMILES string of the molecule is CC1(C)CNC(c2ccccn2)(c2ccccn2)NC1. The molecule has 20 heavy (non-hydrogen) atoms. The summed E-state index contributed by atoms with van der Waals surface area (Å²) in [6.45, 7) is 6.31. The van der Waals surface area contributed by atoms with Gasteiger partial charge >= 0.3 is 0 Å². The quantitative estimate of drug-likeness (QED) is 0.873. The Morgan fingerprint density at radius 1 is 0.850 bits per heavy atom. The van der Waals surface area contributed by atoms with Gasteiger partial charge in [0.1, 0.15) is 0 Å². The lowest BCUT2D eigenvalue weighted by Crippen LogP contribution is -2.64. The summed E-state index contributed by atoms with van der Waals surface area (Å²) in [5.74, 6) is 0. The molecule has 1 aliphatic rings. The zero-order chi connectivity index (χ0) is 14.1. The summed E-state index contributed by atoms with van der Waals surface area (Å²) in [5, 5.41) is 7.24. The highest BCUT2D eigenvalue weighted by molar-refractivity contribution is 5.30. The minimum absolute atomic E-state index is 0.215. The molecule has 2 aromatic heterocycles. The van der Waals surface area contributed by atoms with Gasteiger partial charge in [0.15, 0.2) is 5.66 Å². The molecule has 0 radical (unpaired) electrons. The van der Waals surface area contributed by atoms with Crippen molar-refractivity contribution in [2.45, 2.75) is 19.5 Å². The largest absolute Gasteiger partial charge is 0.289 e. The predicted molar refractivity (Wildman–Crippen MR) is 79.0 cm³/mol. The molecular weight excluding hydrogens is 248 g/mol. The van der Waals surface area contributed by atoms with Crippen molar-refractivity contribution < 1.29 is 0 Å². The van der Waals surface area contributed by atoms with Crippen LogP contribution in [0.2, 0.25) is 0 Å². The van der Waals surface area contributed by atoms with E-state index in [4.69, 9.17) is 0 Å². The molecule has 0 aromatic carbocycles. The molecule has 1 aliphatic heterocycles. The maximum absolute atomic E-state index is 4.53. The highest BCUT2D eigenvalue weighted by Crippen LogP contribution is 2.30. The van der Waals surface area contributed by atoms with Crippen LogP contribution in [0.4, 0.5) is 0 Å². The molecule has 1 saturated heterocycles. The highest BCUT2D eigenvalue weighted by atomic mass is 15.3. The molecule has 104 valence electrons. The molecule has 0 saturated carbocycles. The lowest BCUT2D eigenvalue weighted by molar-refractivity contribution is 0.157. The third-order valence-corrected chi connectivity index (χ3v) is 3.76. The second kappa shape index (κ2) is 4.96. The molecule has 0 spiro atoms. The smallest absolute Gasteiger partial charge is 0.156 e. The van der Waals surface area contributed by atoms with Gasteiger partial charge in [0.2, 0.25) is 0 Å². The molecule has 1 fully saturated rings. The van der Waals surface area contributed by atoms with Crippen molar-refractivity contribution >= 4 is 0 Å². The molecule has 0 amide bonds. The fraction of sp³-hybridized carbons (Fsp3) is 0.375. The number of pyridine rings is 2. The van der Waals surface area contributed by atoms with Crippen LogP contribution in [-0.4, -0.2) is 23.1 Å². The van der Waals surface area contributed by atoms with Crippen LogP contribution >= 0.6 is 0 Å². The first-order valence-electron chi connectivity index (χ1n) is 6.96. The number of nitrogens with one attached hydrogen (secondary N) is 2. The summed E-state index contributed by atoms with van der Waals surface area (Å²) < 4.78 is 0. The van der Waals surface area contributed by atoms with Crippen molar-refractivity contribution in [2.24, 2.45) is 5.41 Å². The van der Waals surface area contributed by atoms with Crippen LogP contribution in [0.3, 0.4) is 0 Å². The fourth-order valence-corrected chi connectivity index (χ4v) is 2.53. The summed E-state index contributed by atoms with van der Waals surface area (Å²) >= 11 is 0. The predicted octanol–water partition coefficient (Wildman–Crippen LogP) is 1.90. The Morgan fingerprint density at radius 3 is 1.75 bits per heavy atom. The fourth-order valence-electron chi connectivity index (χ4n) is 2.53. The summed E-state index contributed by atoms with van der Waals surface area (Å²) in [6, 6.07) is 12.0. The van der Waals surface area contributed by atoms with Crippen LogP contribution < -0.4 is 10.6 Å². The van der Waals surface area contributed by atoms with E-state index in [2.05, 4.69) is 34.4 Å². The van der Waals surface area contributed by atoms with Crippen molar-refractivity contribution in [3.8, 4) is 0 Å². The molecule has 3 heterocycles. The molecule has 4 nitrogen and oxygen atoms in total. The number of rotatable bonds is 2. The third-order valence-electron chi connectivity index (χ3n) is 3.76. The van der Waals surface area contributed by atoms with Gasteiger partial charge in [0, 0.05) is 25.5 Å².